The zero-order valence-corrected chi connectivity index (χ0v) is 11.8. The van der Waals surface area contributed by atoms with E-state index in [0.717, 1.165) is 12.8 Å². The SMILES string of the molecule is CC(C)CCC[C@H](C)n1cnc2cccnc2c1=O. The smallest absolute Gasteiger partial charge is 0.280 e. The fourth-order valence-corrected chi connectivity index (χ4v) is 2.24. The summed E-state index contributed by atoms with van der Waals surface area (Å²) >= 11 is 0. The van der Waals surface area contributed by atoms with Crippen LogP contribution in [0.15, 0.2) is 29.5 Å². The Balaban J connectivity index is 2.20. The van der Waals surface area contributed by atoms with E-state index in [1.807, 2.05) is 6.07 Å². The predicted octanol–water partition coefficient (Wildman–Crippen LogP) is 3.18. The molecule has 0 radical (unpaired) electrons. The summed E-state index contributed by atoms with van der Waals surface area (Å²) in [7, 11) is 0. The summed E-state index contributed by atoms with van der Waals surface area (Å²) in [6.45, 7) is 6.51. The lowest BCUT2D eigenvalue weighted by molar-refractivity contribution is 0.437. The van der Waals surface area contributed by atoms with Crippen molar-refractivity contribution in [3.8, 4) is 0 Å². The van der Waals surface area contributed by atoms with Crippen molar-refractivity contribution in [1.29, 1.82) is 0 Å². The average Bonchev–Trinajstić information content (AvgIpc) is 2.39. The summed E-state index contributed by atoms with van der Waals surface area (Å²) in [5.74, 6) is 0.709. The molecule has 1 atom stereocenters. The van der Waals surface area contributed by atoms with E-state index in [9.17, 15) is 4.79 Å². The Hall–Kier alpha value is -1.71. The van der Waals surface area contributed by atoms with Crippen LogP contribution in [0.2, 0.25) is 0 Å². The Labute approximate surface area is 113 Å². The van der Waals surface area contributed by atoms with Crippen molar-refractivity contribution in [3.63, 3.8) is 0 Å². The largest absolute Gasteiger partial charge is 0.295 e. The van der Waals surface area contributed by atoms with Crippen molar-refractivity contribution < 1.29 is 0 Å². The molecule has 102 valence electrons. The first-order chi connectivity index (χ1) is 9.09. The molecular formula is C15H21N3O. The molecule has 0 saturated heterocycles. The first kappa shape index (κ1) is 13.7. The van der Waals surface area contributed by atoms with Crippen LogP contribution in [0.3, 0.4) is 0 Å². The van der Waals surface area contributed by atoms with Crippen molar-refractivity contribution in [2.45, 2.75) is 46.1 Å². The molecule has 0 aromatic carbocycles. The molecule has 0 aliphatic carbocycles. The Morgan fingerprint density at radius 1 is 1.21 bits per heavy atom. The monoisotopic (exact) mass is 259 g/mol. The third kappa shape index (κ3) is 3.19. The van der Waals surface area contributed by atoms with Crippen molar-refractivity contribution in [2.24, 2.45) is 5.92 Å². The molecule has 2 heterocycles. The van der Waals surface area contributed by atoms with Gasteiger partial charge >= 0.3 is 0 Å². The second-order valence-electron chi connectivity index (χ2n) is 5.50. The average molecular weight is 259 g/mol. The van der Waals surface area contributed by atoms with Crippen LogP contribution >= 0.6 is 0 Å². The zero-order chi connectivity index (χ0) is 13.8. The Morgan fingerprint density at radius 2 is 2.00 bits per heavy atom. The van der Waals surface area contributed by atoms with Gasteiger partial charge in [-0.15, -0.1) is 0 Å². The Kier molecular flexibility index (Phi) is 4.30. The van der Waals surface area contributed by atoms with Crippen LogP contribution < -0.4 is 5.56 Å². The van der Waals surface area contributed by atoms with E-state index in [-0.39, 0.29) is 11.6 Å². The van der Waals surface area contributed by atoms with Crippen LogP contribution in [0.25, 0.3) is 11.0 Å². The number of hydrogen-bond acceptors (Lipinski definition) is 3. The quantitative estimate of drug-likeness (QED) is 0.828. The maximum absolute atomic E-state index is 12.3. The summed E-state index contributed by atoms with van der Waals surface area (Å²) in [5, 5.41) is 0. The molecule has 0 unspecified atom stereocenters. The number of hydrogen-bond donors (Lipinski definition) is 0. The van der Waals surface area contributed by atoms with Gasteiger partial charge < -0.3 is 0 Å². The lowest BCUT2D eigenvalue weighted by Crippen LogP contribution is -2.24. The molecule has 0 N–H and O–H groups in total. The molecule has 0 aliphatic heterocycles. The molecule has 2 aromatic heterocycles. The molecule has 0 amide bonds. The lowest BCUT2D eigenvalue weighted by atomic mass is 10.0. The second kappa shape index (κ2) is 5.95. The lowest BCUT2D eigenvalue weighted by Gasteiger charge is -2.15. The van der Waals surface area contributed by atoms with E-state index < -0.39 is 0 Å². The van der Waals surface area contributed by atoms with E-state index in [0.29, 0.717) is 17.0 Å². The van der Waals surface area contributed by atoms with Crippen LogP contribution in [0.4, 0.5) is 0 Å². The Bertz CT molecular complexity index is 604. The molecule has 0 saturated carbocycles. The third-order valence-electron chi connectivity index (χ3n) is 3.42. The summed E-state index contributed by atoms with van der Waals surface area (Å²) in [5.41, 5.74) is 1.08. The molecule has 4 heteroatoms. The van der Waals surface area contributed by atoms with Crippen molar-refractivity contribution in [3.05, 3.63) is 35.0 Å². The van der Waals surface area contributed by atoms with Gasteiger partial charge in [0.15, 0.2) is 5.52 Å². The molecular weight excluding hydrogens is 238 g/mol. The molecule has 0 spiro atoms. The molecule has 2 aromatic rings. The van der Waals surface area contributed by atoms with Crippen molar-refractivity contribution in [2.75, 3.05) is 0 Å². The van der Waals surface area contributed by atoms with Gasteiger partial charge in [-0.3, -0.25) is 9.36 Å². The minimum absolute atomic E-state index is 0.0392. The summed E-state index contributed by atoms with van der Waals surface area (Å²) in [6, 6.07) is 3.79. The maximum Gasteiger partial charge on any atom is 0.280 e. The molecule has 19 heavy (non-hydrogen) atoms. The van der Waals surface area contributed by atoms with Crippen LogP contribution in [-0.4, -0.2) is 14.5 Å². The van der Waals surface area contributed by atoms with Crippen molar-refractivity contribution in [1.82, 2.24) is 14.5 Å². The highest BCUT2D eigenvalue weighted by atomic mass is 16.1. The minimum Gasteiger partial charge on any atom is -0.295 e. The van der Waals surface area contributed by atoms with E-state index in [4.69, 9.17) is 0 Å². The first-order valence-corrected chi connectivity index (χ1v) is 6.91. The summed E-state index contributed by atoms with van der Waals surface area (Å²) < 4.78 is 1.70. The molecule has 4 nitrogen and oxygen atoms in total. The standard InChI is InChI=1S/C15H21N3O/c1-11(2)6-4-7-12(3)18-10-17-13-8-5-9-16-14(13)15(18)19/h5,8-12H,4,6-7H2,1-3H3/t12-/m0/s1. The van der Waals surface area contributed by atoms with E-state index in [2.05, 4.69) is 30.7 Å². The van der Waals surface area contributed by atoms with Gasteiger partial charge in [0.05, 0.1) is 11.8 Å². The molecule has 0 bridgehead atoms. The van der Waals surface area contributed by atoms with E-state index >= 15 is 0 Å². The van der Waals surface area contributed by atoms with Gasteiger partial charge in [-0.2, -0.15) is 0 Å². The van der Waals surface area contributed by atoms with E-state index in [1.165, 1.54) is 6.42 Å². The summed E-state index contributed by atoms with van der Waals surface area (Å²) in [4.78, 5) is 20.8. The van der Waals surface area contributed by atoms with Gasteiger partial charge in [-0.05, 0) is 31.4 Å². The van der Waals surface area contributed by atoms with Gasteiger partial charge in [0.25, 0.3) is 5.56 Å². The highest BCUT2D eigenvalue weighted by molar-refractivity contribution is 5.71. The first-order valence-electron chi connectivity index (χ1n) is 6.91. The highest BCUT2D eigenvalue weighted by Crippen LogP contribution is 2.15. The molecule has 0 fully saturated rings. The van der Waals surface area contributed by atoms with Crippen LogP contribution in [0, 0.1) is 5.92 Å². The topological polar surface area (TPSA) is 47.8 Å². The Morgan fingerprint density at radius 3 is 2.74 bits per heavy atom. The van der Waals surface area contributed by atoms with Crippen LogP contribution in [0.5, 0.6) is 0 Å². The zero-order valence-electron chi connectivity index (χ0n) is 11.8. The second-order valence-corrected chi connectivity index (χ2v) is 5.50. The fourth-order valence-electron chi connectivity index (χ4n) is 2.24. The van der Waals surface area contributed by atoms with Gasteiger partial charge in [0, 0.05) is 12.2 Å². The number of aromatic nitrogens is 3. The van der Waals surface area contributed by atoms with Crippen LogP contribution in [-0.2, 0) is 0 Å². The predicted molar refractivity (Wildman–Crippen MR) is 77.2 cm³/mol. The molecule has 0 aliphatic rings. The number of fused-ring (bicyclic) bond motifs is 1. The van der Waals surface area contributed by atoms with Gasteiger partial charge in [0.1, 0.15) is 0 Å². The van der Waals surface area contributed by atoms with E-state index in [1.54, 1.807) is 23.2 Å². The molecule has 2 rings (SSSR count). The third-order valence-corrected chi connectivity index (χ3v) is 3.42. The number of pyridine rings is 1. The normalized spacial score (nSPS) is 13.1. The van der Waals surface area contributed by atoms with Gasteiger partial charge in [0.2, 0.25) is 0 Å². The fraction of sp³-hybridized carbons (Fsp3) is 0.533. The maximum atomic E-state index is 12.3. The number of nitrogens with zero attached hydrogens (tertiary/aromatic N) is 3. The van der Waals surface area contributed by atoms with Gasteiger partial charge in [-0.25, -0.2) is 9.97 Å². The number of rotatable bonds is 5. The summed E-state index contributed by atoms with van der Waals surface area (Å²) in [6.07, 6.45) is 6.60. The van der Waals surface area contributed by atoms with Crippen molar-refractivity contribution >= 4 is 11.0 Å². The van der Waals surface area contributed by atoms with Gasteiger partial charge in [-0.1, -0.05) is 26.7 Å². The van der Waals surface area contributed by atoms with Crippen LogP contribution in [0.1, 0.15) is 46.1 Å². The minimum atomic E-state index is -0.0392. The highest BCUT2D eigenvalue weighted by Gasteiger charge is 2.10.